The average molecular weight is 539 g/mol. The van der Waals surface area contributed by atoms with Crippen LogP contribution in [0.5, 0.6) is 0 Å². The molecule has 6 nitrogen and oxygen atoms in total. The number of ether oxygens (including phenoxy) is 6. The van der Waals surface area contributed by atoms with Crippen LogP contribution in [-0.4, -0.2) is 44.4 Å². The highest BCUT2D eigenvalue weighted by Gasteiger charge is 2.52. The highest BCUT2D eigenvalue weighted by molar-refractivity contribution is 5.30. The predicted molar refractivity (Wildman–Crippen MR) is 150 cm³/mol. The third kappa shape index (κ3) is 6.03. The van der Waals surface area contributed by atoms with E-state index in [-0.39, 0.29) is 6.10 Å². The number of methoxy groups -OCH3 is 1. The molecule has 0 saturated carbocycles. The van der Waals surface area contributed by atoms with E-state index in [0.717, 1.165) is 22.3 Å². The van der Waals surface area contributed by atoms with Crippen molar-refractivity contribution in [3.05, 3.63) is 144 Å². The summed E-state index contributed by atoms with van der Waals surface area (Å²) in [6.07, 6.45) is -3.49. The van der Waals surface area contributed by atoms with Crippen molar-refractivity contribution in [1.29, 1.82) is 0 Å². The second kappa shape index (κ2) is 12.9. The van der Waals surface area contributed by atoms with E-state index in [1.165, 1.54) is 0 Å². The van der Waals surface area contributed by atoms with Crippen LogP contribution in [-0.2, 0) is 35.0 Å². The van der Waals surface area contributed by atoms with E-state index in [0.29, 0.717) is 13.2 Å². The fraction of sp³-hybridized carbons (Fsp3) is 0.294. The van der Waals surface area contributed by atoms with Crippen LogP contribution >= 0.6 is 0 Å². The lowest BCUT2D eigenvalue weighted by molar-refractivity contribution is -0.371. The van der Waals surface area contributed by atoms with Crippen molar-refractivity contribution in [3.63, 3.8) is 0 Å². The summed E-state index contributed by atoms with van der Waals surface area (Å²) in [7, 11) is 1.63. The van der Waals surface area contributed by atoms with Gasteiger partial charge in [-0.15, -0.1) is 0 Å². The van der Waals surface area contributed by atoms with Crippen molar-refractivity contribution in [2.75, 3.05) is 13.7 Å². The number of hydrogen-bond acceptors (Lipinski definition) is 6. The zero-order valence-electron chi connectivity index (χ0n) is 22.5. The minimum Gasteiger partial charge on any atom is -0.365 e. The van der Waals surface area contributed by atoms with Crippen LogP contribution in [0, 0.1) is 0 Å². The molecule has 40 heavy (non-hydrogen) atoms. The van der Waals surface area contributed by atoms with Gasteiger partial charge < -0.3 is 28.4 Å². The number of hydrogen-bond donors (Lipinski definition) is 0. The largest absolute Gasteiger partial charge is 0.365 e. The first kappa shape index (κ1) is 26.8. The van der Waals surface area contributed by atoms with Gasteiger partial charge in [0.1, 0.15) is 30.5 Å². The van der Waals surface area contributed by atoms with Gasteiger partial charge in [0.2, 0.25) is 0 Å². The lowest BCUT2D eigenvalue weighted by Crippen LogP contribution is -2.63. The first-order chi connectivity index (χ1) is 19.8. The highest BCUT2D eigenvalue weighted by Crippen LogP contribution is 2.40. The Morgan fingerprint density at radius 2 is 1.27 bits per heavy atom. The first-order valence-corrected chi connectivity index (χ1v) is 13.7. The smallest absolute Gasteiger partial charge is 0.186 e. The molecule has 0 aliphatic carbocycles. The molecule has 0 N–H and O–H groups in total. The molecule has 1 unspecified atom stereocenters. The minimum absolute atomic E-state index is 0.344. The minimum atomic E-state index is -0.664. The summed E-state index contributed by atoms with van der Waals surface area (Å²) in [6, 6.07) is 40.5. The van der Waals surface area contributed by atoms with Gasteiger partial charge >= 0.3 is 0 Å². The van der Waals surface area contributed by atoms with Gasteiger partial charge in [-0.2, -0.15) is 0 Å². The van der Waals surface area contributed by atoms with Crippen molar-refractivity contribution in [3.8, 4) is 0 Å². The molecule has 0 amide bonds. The van der Waals surface area contributed by atoms with Gasteiger partial charge in [-0.05, 0) is 16.7 Å². The second-order valence-corrected chi connectivity index (χ2v) is 10.0. The molecule has 0 aromatic heterocycles. The Kier molecular flexibility index (Phi) is 8.64. The molecule has 4 aromatic rings. The fourth-order valence-corrected chi connectivity index (χ4v) is 5.38. The van der Waals surface area contributed by atoms with Crippen molar-refractivity contribution in [2.24, 2.45) is 0 Å². The van der Waals surface area contributed by atoms with Gasteiger partial charge in [0.15, 0.2) is 12.6 Å². The average Bonchev–Trinajstić information content (AvgIpc) is 3.04. The molecule has 6 atom stereocenters. The highest BCUT2D eigenvalue weighted by atomic mass is 16.8. The third-order valence-corrected chi connectivity index (χ3v) is 7.37. The van der Waals surface area contributed by atoms with Gasteiger partial charge in [0.05, 0.1) is 13.2 Å². The monoisotopic (exact) mass is 538 g/mol. The second-order valence-electron chi connectivity index (χ2n) is 10.0. The maximum atomic E-state index is 7.08. The van der Waals surface area contributed by atoms with Crippen LogP contribution in [0.3, 0.4) is 0 Å². The predicted octanol–water partition coefficient (Wildman–Crippen LogP) is 6.23. The van der Waals surface area contributed by atoms with Crippen LogP contribution < -0.4 is 0 Å². The molecule has 0 bridgehead atoms. The zero-order chi connectivity index (χ0) is 27.1. The van der Waals surface area contributed by atoms with Crippen LogP contribution in [0.2, 0.25) is 0 Å². The Bertz CT molecular complexity index is 1260. The standard InChI is InChI=1S/C34H34O6/c1-35-34-32(36-22-24-14-6-2-7-15-24)31(30-28(38-34)23-37-33(40-30)27-20-12-5-13-21-27)39-29(25-16-8-3-9-17-25)26-18-10-4-11-19-26/h2-21,28-34H,22-23H2,1H3/t28-,30-,31+,32-,33?,34+/m1/s1. The molecule has 2 saturated heterocycles. The van der Waals surface area contributed by atoms with Crippen LogP contribution in [0.4, 0.5) is 0 Å². The molecule has 2 aliphatic rings. The van der Waals surface area contributed by atoms with E-state index >= 15 is 0 Å². The Balaban J connectivity index is 1.36. The number of fused-ring (bicyclic) bond motifs is 1. The summed E-state index contributed by atoms with van der Waals surface area (Å²) in [5.41, 5.74) is 4.08. The summed E-state index contributed by atoms with van der Waals surface area (Å²) < 4.78 is 38.6. The summed E-state index contributed by atoms with van der Waals surface area (Å²) in [4.78, 5) is 0. The van der Waals surface area contributed by atoms with E-state index < -0.39 is 37.0 Å². The van der Waals surface area contributed by atoms with Gasteiger partial charge in [-0.25, -0.2) is 0 Å². The molecular formula is C34H34O6. The lowest BCUT2D eigenvalue weighted by Gasteiger charge is -2.49. The SMILES string of the molecule is CO[C@H]1O[C@@H]2COC(c3ccccc3)O[C@H]2[C@H](OC(c2ccccc2)c2ccccc2)[C@H]1OCc1ccccc1. The number of benzene rings is 4. The maximum Gasteiger partial charge on any atom is 0.186 e. The van der Waals surface area contributed by atoms with Crippen molar-refractivity contribution in [1.82, 2.24) is 0 Å². The lowest BCUT2D eigenvalue weighted by atomic mass is 9.95. The third-order valence-electron chi connectivity index (χ3n) is 7.37. The Labute approximate surface area is 235 Å². The van der Waals surface area contributed by atoms with E-state index in [1.807, 2.05) is 97.1 Å². The molecule has 2 heterocycles. The molecule has 0 radical (unpaired) electrons. The van der Waals surface area contributed by atoms with Gasteiger partial charge in [-0.3, -0.25) is 0 Å². The van der Waals surface area contributed by atoms with Crippen LogP contribution in [0.25, 0.3) is 0 Å². The molecule has 6 heteroatoms. The Morgan fingerprint density at radius 1 is 0.700 bits per heavy atom. The number of rotatable bonds is 9. The summed E-state index contributed by atoms with van der Waals surface area (Å²) in [6.45, 7) is 0.725. The molecule has 0 spiro atoms. The maximum absolute atomic E-state index is 7.08. The van der Waals surface area contributed by atoms with Gasteiger partial charge in [0.25, 0.3) is 0 Å². The molecule has 206 valence electrons. The summed E-state index contributed by atoms with van der Waals surface area (Å²) >= 11 is 0. The molecule has 4 aromatic carbocycles. The van der Waals surface area contributed by atoms with Crippen molar-refractivity contribution >= 4 is 0 Å². The van der Waals surface area contributed by atoms with E-state index in [2.05, 4.69) is 24.3 Å². The Hall–Kier alpha value is -3.36. The normalized spacial score (nSPS) is 26.4. The summed E-state index contributed by atoms with van der Waals surface area (Å²) in [5, 5.41) is 0. The molecule has 2 aliphatic heterocycles. The quantitative estimate of drug-likeness (QED) is 0.252. The van der Waals surface area contributed by atoms with Crippen molar-refractivity contribution in [2.45, 2.75) is 49.7 Å². The molecular weight excluding hydrogens is 504 g/mol. The van der Waals surface area contributed by atoms with E-state index in [9.17, 15) is 0 Å². The zero-order valence-corrected chi connectivity index (χ0v) is 22.5. The summed E-state index contributed by atoms with van der Waals surface area (Å²) in [5.74, 6) is 0. The Morgan fingerprint density at radius 3 is 1.88 bits per heavy atom. The van der Waals surface area contributed by atoms with Crippen LogP contribution in [0.1, 0.15) is 34.6 Å². The topological polar surface area (TPSA) is 55.4 Å². The van der Waals surface area contributed by atoms with Crippen LogP contribution in [0.15, 0.2) is 121 Å². The molecule has 2 fully saturated rings. The van der Waals surface area contributed by atoms with Gasteiger partial charge in [-0.1, -0.05) is 121 Å². The fourth-order valence-electron chi connectivity index (χ4n) is 5.38. The van der Waals surface area contributed by atoms with E-state index in [4.69, 9.17) is 28.4 Å². The van der Waals surface area contributed by atoms with Gasteiger partial charge in [0, 0.05) is 12.7 Å². The van der Waals surface area contributed by atoms with Crippen molar-refractivity contribution < 1.29 is 28.4 Å². The molecule has 6 rings (SSSR count). The van der Waals surface area contributed by atoms with E-state index in [1.54, 1.807) is 7.11 Å². The first-order valence-electron chi connectivity index (χ1n) is 13.7.